The van der Waals surface area contributed by atoms with E-state index in [2.05, 4.69) is 256 Å². The second-order valence-corrected chi connectivity index (χ2v) is 31.1. The zero-order chi connectivity index (χ0) is 49.3. The van der Waals surface area contributed by atoms with Crippen molar-refractivity contribution in [3.05, 3.63) is 209 Å². The summed E-state index contributed by atoms with van der Waals surface area (Å²) in [6, 6.07) is 61.6. The van der Waals surface area contributed by atoms with E-state index in [1.807, 2.05) is 11.8 Å². The fourth-order valence-electron chi connectivity index (χ4n) is 10.5. The van der Waals surface area contributed by atoms with Crippen LogP contribution in [0.1, 0.15) is 84.9 Å². The van der Waals surface area contributed by atoms with E-state index in [1.54, 1.807) is 6.08 Å². The van der Waals surface area contributed by atoms with Crippen LogP contribution in [0.2, 0.25) is 10.1 Å². The quantitative estimate of drug-likeness (QED) is 0.0673. The Labute approximate surface area is 421 Å². The van der Waals surface area contributed by atoms with E-state index in [0.717, 1.165) is 29.7 Å². The first-order valence-corrected chi connectivity index (χ1v) is 29.2. The summed E-state index contributed by atoms with van der Waals surface area (Å²) in [4.78, 5) is 4.94. The summed E-state index contributed by atoms with van der Waals surface area (Å²) < 4.78 is 15.0. The summed E-state index contributed by atoms with van der Waals surface area (Å²) in [6.45, 7) is 25.5. The Morgan fingerprint density at radius 3 is 1.39 bits per heavy atom. The predicted molar refractivity (Wildman–Crippen MR) is 300 cm³/mol. The minimum atomic E-state index is -2.77. The number of nitrogens with zero attached hydrogens (tertiary/aromatic N) is 2. The molecule has 0 heterocycles. The van der Waals surface area contributed by atoms with Crippen LogP contribution in [0.15, 0.2) is 197 Å². The number of hydrogen-bond acceptors (Lipinski definition) is 5. The highest BCUT2D eigenvalue weighted by Crippen LogP contribution is 2.49. The van der Waals surface area contributed by atoms with E-state index in [9.17, 15) is 5.26 Å². The average molecular weight is 966 g/mol. The zero-order valence-electron chi connectivity index (χ0n) is 42.7. The van der Waals surface area contributed by atoms with Crippen molar-refractivity contribution in [3.8, 4) is 6.07 Å². The fourth-order valence-corrected chi connectivity index (χ4v) is 20.8. The number of allylic oxidation sites excluding steroid dienone is 4. The lowest BCUT2D eigenvalue weighted by atomic mass is 9.75. The molecule has 0 radical (unpaired) electrons. The highest BCUT2D eigenvalue weighted by atomic mass is 32.2. The molecule has 7 heteroatoms. The van der Waals surface area contributed by atoms with Gasteiger partial charge in [0.1, 0.15) is 0 Å². The van der Waals surface area contributed by atoms with E-state index in [-0.39, 0.29) is 15.5 Å². The van der Waals surface area contributed by atoms with Gasteiger partial charge < -0.3 is 13.8 Å². The lowest BCUT2D eigenvalue weighted by Crippen LogP contribution is -2.67. The van der Waals surface area contributed by atoms with Gasteiger partial charge in [-0.2, -0.15) is 5.26 Å². The molecule has 4 nitrogen and oxygen atoms in total. The first-order chi connectivity index (χ1) is 33.0. The van der Waals surface area contributed by atoms with Gasteiger partial charge in [0.2, 0.25) is 0 Å². The second kappa shape index (κ2) is 22.1. The van der Waals surface area contributed by atoms with Crippen LogP contribution >= 0.6 is 11.8 Å². The fraction of sp³-hybridized carbons (Fsp3) is 0.306. The number of anilines is 1. The van der Waals surface area contributed by atoms with Gasteiger partial charge >= 0.3 is 0 Å². The molecule has 1 aliphatic carbocycles. The lowest BCUT2D eigenvalue weighted by Gasteiger charge is -2.44. The Morgan fingerprint density at radius 1 is 0.580 bits per heavy atom. The molecular weight excluding hydrogens is 893 g/mol. The van der Waals surface area contributed by atoms with Crippen molar-refractivity contribution in [2.75, 3.05) is 31.2 Å². The van der Waals surface area contributed by atoms with E-state index in [1.165, 1.54) is 47.2 Å². The Balaban J connectivity index is 1.24. The van der Waals surface area contributed by atoms with Crippen molar-refractivity contribution >= 4 is 60.9 Å². The van der Waals surface area contributed by atoms with Gasteiger partial charge in [0.25, 0.3) is 16.6 Å². The molecule has 0 atom stereocenters. The van der Waals surface area contributed by atoms with Crippen LogP contribution in [0.4, 0.5) is 5.69 Å². The van der Waals surface area contributed by atoms with Gasteiger partial charge in [-0.15, -0.1) is 0 Å². The number of nitriles is 1. The van der Waals surface area contributed by atoms with Crippen molar-refractivity contribution in [1.29, 1.82) is 5.26 Å². The Bertz CT molecular complexity index is 2560. The average Bonchev–Trinajstić information content (AvgIpc) is 3.32. The number of rotatable bonds is 17. The molecule has 69 heavy (non-hydrogen) atoms. The standard InChI is InChI=1S/C62H72N2O2SSi2/c1-48-24-23-25-49(2)58(48)67-59-51(46-62(9,10)47-52(59)40-41-63)37-34-50-35-38-53(39-36-50)64(42-44-65-68(60(3,4)5,54-26-15-11-16-27-54)55-28-17-12-18-29-55)43-45-66-69(61(6,7)8,56-30-19-13-20-31-56)57-32-21-14-22-33-57/h11-40H,42-47H2,1-10H3/b37-34+,52-40+. The van der Waals surface area contributed by atoms with Crippen LogP contribution in [0.25, 0.3) is 6.08 Å². The van der Waals surface area contributed by atoms with E-state index < -0.39 is 16.6 Å². The van der Waals surface area contributed by atoms with Gasteiger partial charge in [0, 0.05) is 34.7 Å². The topological polar surface area (TPSA) is 45.5 Å². The molecule has 0 N–H and O–H groups in total. The number of benzene rings is 6. The van der Waals surface area contributed by atoms with Crippen molar-refractivity contribution in [1.82, 2.24) is 0 Å². The monoisotopic (exact) mass is 964 g/mol. The Morgan fingerprint density at radius 2 is 1.00 bits per heavy atom. The van der Waals surface area contributed by atoms with Crippen LogP contribution in [-0.2, 0) is 8.85 Å². The summed E-state index contributed by atoms with van der Waals surface area (Å²) in [6.07, 6.45) is 8.11. The number of aryl methyl sites for hydroxylation is 2. The minimum Gasteiger partial charge on any atom is -0.406 e. The summed E-state index contributed by atoms with van der Waals surface area (Å²) in [5, 5.41) is 14.8. The third-order valence-corrected chi connectivity index (χ3v) is 25.4. The molecule has 0 aromatic heterocycles. The minimum absolute atomic E-state index is 0.0323. The Kier molecular flexibility index (Phi) is 16.5. The molecule has 0 saturated carbocycles. The Hall–Kier alpha value is -5.47. The molecule has 356 valence electrons. The molecule has 6 aromatic carbocycles. The lowest BCUT2D eigenvalue weighted by molar-refractivity contribution is 0.285. The van der Waals surface area contributed by atoms with Crippen LogP contribution in [0.3, 0.4) is 0 Å². The summed E-state index contributed by atoms with van der Waals surface area (Å²) in [7, 11) is -5.55. The van der Waals surface area contributed by atoms with E-state index in [4.69, 9.17) is 8.85 Å². The number of thioether (sulfide) groups is 1. The molecule has 0 bridgehead atoms. The van der Waals surface area contributed by atoms with Gasteiger partial charge in [-0.1, -0.05) is 231 Å². The molecule has 0 amide bonds. The predicted octanol–water partition coefficient (Wildman–Crippen LogP) is 13.6. The zero-order valence-corrected chi connectivity index (χ0v) is 45.5. The molecule has 0 aliphatic heterocycles. The smallest absolute Gasteiger partial charge is 0.261 e. The van der Waals surface area contributed by atoms with Crippen LogP contribution in [0.5, 0.6) is 0 Å². The summed E-state index contributed by atoms with van der Waals surface area (Å²) in [5.74, 6) is 0. The second-order valence-electron chi connectivity index (χ2n) is 21.4. The largest absolute Gasteiger partial charge is 0.406 e. The summed E-state index contributed by atoms with van der Waals surface area (Å²) in [5.41, 5.74) is 7.19. The van der Waals surface area contributed by atoms with Gasteiger partial charge in [-0.25, -0.2) is 0 Å². The number of hydrogen-bond donors (Lipinski definition) is 0. The molecule has 7 rings (SSSR count). The maximum atomic E-state index is 9.92. The van der Waals surface area contributed by atoms with Crippen molar-refractivity contribution in [2.24, 2.45) is 5.41 Å². The van der Waals surface area contributed by atoms with Crippen LogP contribution < -0.4 is 25.6 Å². The summed E-state index contributed by atoms with van der Waals surface area (Å²) >= 11 is 1.82. The van der Waals surface area contributed by atoms with Gasteiger partial charge in [0.15, 0.2) is 0 Å². The van der Waals surface area contributed by atoms with Gasteiger partial charge in [0.05, 0.1) is 19.3 Å². The van der Waals surface area contributed by atoms with Crippen LogP contribution in [0, 0.1) is 30.6 Å². The first-order valence-electron chi connectivity index (χ1n) is 24.6. The normalized spacial score (nSPS) is 15.1. The molecule has 0 unspecified atom stereocenters. The maximum Gasteiger partial charge on any atom is 0.261 e. The first kappa shape index (κ1) is 51.4. The highest BCUT2D eigenvalue weighted by Gasteiger charge is 2.51. The SMILES string of the molecule is Cc1cccc(C)c1SC1=C(/C=C/c2ccc(N(CCO[Si](c3ccccc3)(c3ccccc3)C(C)(C)C)CCO[Si](c3ccccc3)(c3ccccc3)C(C)(C)C)cc2)CC(C)(C)C/C1=C\C#N. The van der Waals surface area contributed by atoms with E-state index in [0.29, 0.717) is 26.3 Å². The molecule has 1 aliphatic rings. The molecule has 0 fully saturated rings. The van der Waals surface area contributed by atoms with Crippen LogP contribution in [-0.4, -0.2) is 42.9 Å². The molecular formula is C62H72N2O2SSi2. The van der Waals surface area contributed by atoms with Crippen molar-refractivity contribution < 1.29 is 8.85 Å². The van der Waals surface area contributed by atoms with Gasteiger partial charge in [-0.05, 0) is 103 Å². The maximum absolute atomic E-state index is 9.92. The van der Waals surface area contributed by atoms with E-state index >= 15 is 0 Å². The van der Waals surface area contributed by atoms with Gasteiger partial charge in [-0.3, -0.25) is 0 Å². The van der Waals surface area contributed by atoms with Crippen molar-refractivity contribution in [3.63, 3.8) is 0 Å². The molecule has 0 spiro atoms. The molecule has 0 saturated heterocycles. The third kappa shape index (κ3) is 11.6. The molecule has 6 aromatic rings. The highest BCUT2D eigenvalue weighted by molar-refractivity contribution is 8.03. The van der Waals surface area contributed by atoms with Crippen molar-refractivity contribution in [2.45, 2.75) is 97.1 Å². The third-order valence-electron chi connectivity index (χ3n) is 13.7.